The number of para-hydroxylation sites is 1. The van der Waals surface area contributed by atoms with E-state index in [1.807, 2.05) is 20.2 Å². The van der Waals surface area contributed by atoms with Crippen molar-refractivity contribution in [3.05, 3.63) is 71.1 Å². The summed E-state index contributed by atoms with van der Waals surface area (Å²) in [5.74, 6) is 0.973. The highest BCUT2D eigenvalue weighted by atomic mass is 35.5. The van der Waals surface area contributed by atoms with Crippen LogP contribution in [0, 0.1) is 0 Å². The number of carbonyl (C=O) groups excluding carboxylic acids is 1. The molecular weight excluding hydrogens is 314 g/mol. The largest absolute Gasteiger partial charge is 0.496 e. The summed E-state index contributed by atoms with van der Waals surface area (Å²) in [4.78, 5) is 14.6. The molecular formula is C18H18ClNO3. The van der Waals surface area contributed by atoms with Crippen LogP contribution in [0.2, 0.25) is 5.02 Å². The van der Waals surface area contributed by atoms with Gasteiger partial charge in [0.05, 0.1) is 12.7 Å². The van der Waals surface area contributed by atoms with Crippen LogP contribution in [0.4, 0.5) is 0 Å². The number of rotatable bonds is 6. The number of hydrogen-bond acceptors (Lipinski definition) is 4. The summed E-state index contributed by atoms with van der Waals surface area (Å²) in [6, 6.07) is 13.9. The average molecular weight is 332 g/mol. The second-order valence-corrected chi connectivity index (χ2v) is 5.48. The van der Waals surface area contributed by atoms with Crippen LogP contribution < -0.4 is 9.47 Å². The Bertz CT molecular complexity index is 708. The molecule has 0 atom stereocenters. The Hall–Kier alpha value is -2.46. The SMILES string of the molecule is COc1ccccc1C(=O)/C(=C/N(C)C)Oc1ccc(Cl)cc1. The second-order valence-electron chi connectivity index (χ2n) is 5.04. The van der Waals surface area contributed by atoms with Crippen LogP contribution in [0.25, 0.3) is 0 Å². The highest BCUT2D eigenvalue weighted by Crippen LogP contribution is 2.24. The third kappa shape index (κ3) is 4.50. The molecule has 0 fully saturated rings. The van der Waals surface area contributed by atoms with Gasteiger partial charge in [-0.25, -0.2) is 0 Å². The van der Waals surface area contributed by atoms with Crippen LogP contribution in [0.15, 0.2) is 60.5 Å². The average Bonchev–Trinajstić information content (AvgIpc) is 2.55. The zero-order valence-electron chi connectivity index (χ0n) is 13.2. The minimum Gasteiger partial charge on any atom is -0.496 e. The van der Waals surface area contributed by atoms with Gasteiger partial charge in [-0.1, -0.05) is 23.7 Å². The van der Waals surface area contributed by atoms with Crippen molar-refractivity contribution in [3.63, 3.8) is 0 Å². The first-order chi connectivity index (χ1) is 11.0. The molecule has 0 saturated carbocycles. The van der Waals surface area contributed by atoms with Gasteiger partial charge in [-0.2, -0.15) is 0 Å². The monoisotopic (exact) mass is 331 g/mol. The van der Waals surface area contributed by atoms with E-state index in [0.29, 0.717) is 22.1 Å². The number of benzene rings is 2. The molecule has 23 heavy (non-hydrogen) atoms. The predicted octanol–water partition coefficient (Wildman–Crippen LogP) is 4.01. The number of hydrogen-bond donors (Lipinski definition) is 0. The summed E-state index contributed by atoms with van der Waals surface area (Å²) >= 11 is 5.87. The van der Waals surface area contributed by atoms with Crippen LogP contribution in [-0.4, -0.2) is 31.9 Å². The number of ketones is 1. The van der Waals surface area contributed by atoms with Crippen molar-refractivity contribution in [2.24, 2.45) is 0 Å². The molecule has 120 valence electrons. The van der Waals surface area contributed by atoms with Gasteiger partial charge in [0.1, 0.15) is 11.5 Å². The molecule has 2 aromatic carbocycles. The molecule has 0 aromatic heterocycles. The van der Waals surface area contributed by atoms with Gasteiger partial charge >= 0.3 is 0 Å². The molecule has 0 aliphatic carbocycles. The van der Waals surface area contributed by atoms with Crippen LogP contribution in [0.3, 0.4) is 0 Å². The van der Waals surface area contributed by atoms with Crippen LogP contribution in [0.5, 0.6) is 11.5 Å². The fourth-order valence-corrected chi connectivity index (χ4v) is 2.09. The van der Waals surface area contributed by atoms with Gasteiger partial charge in [-0.05, 0) is 36.4 Å². The lowest BCUT2D eigenvalue weighted by molar-refractivity contribution is 0.0979. The van der Waals surface area contributed by atoms with Gasteiger partial charge < -0.3 is 14.4 Å². The van der Waals surface area contributed by atoms with Gasteiger partial charge in [-0.15, -0.1) is 0 Å². The molecule has 2 aromatic rings. The topological polar surface area (TPSA) is 38.8 Å². The van der Waals surface area contributed by atoms with Crippen molar-refractivity contribution in [2.45, 2.75) is 0 Å². The van der Waals surface area contributed by atoms with Gasteiger partial charge in [0.25, 0.3) is 0 Å². The van der Waals surface area contributed by atoms with Gasteiger partial charge in [0.15, 0.2) is 5.76 Å². The molecule has 0 aliphatic heterocycles. The Morgan fingerprint density at radius 2 is 1.74 bits per heavy atom. The molecule has 0 saturated heterocycles. The standard InChI is InChI=1S/C18H18ClNO3/c1-20(2)12-17(23-14-10-8-13(19)9-11-14)18(21)15-6-4-5-7-16(15)22-3/h4-12H,1-3H3/b17-12-. The third-order valence-corrected chi connectivity index (χ3v) is 3.24. The highest BCUT2D eigenvalue weighted by Gasteiger charge is 2.19. The number of allylic oxidation sites excluding steroid dienone is 1. The fourth-order valence-electron chi connectivity index (χ4n) is 1.96. The van der Waals surface area contributed by atoms with E-state index in [4.69, 9.17) is 21.1 Å². The van der Waals surface area contributed by atoms with Gasteiger partial charge in [0.2, 0.25) is 5.78 Å². The van der Waals surface area contributed by atoms with E-state index in [1.54, 1.807) is 53.6 Å². The molecule has 4 nitrogen and oxygen atoms in total. The summed E-state index contributed by atoms with van der Waals surface area (Å²) in [6.45, 7) is 0. The normalized spacial score (nSPS) is 11.0. The van der Waals surface area contributed by atoms with Crippen molar-refractivity contribution in [2.75, 3.05) is 21.2 Å². The van der Waals surface area contributed by atoms with E-state index >= 15 is 0 Å². The molecule has 0 heterocycles. The first-order valence-corrected chi connectivity index (χ1v) is 7.38. The molecule has 2 rings (SSSR count). The van der Waals surface area contributed by atoms with E-state index in [9.17, 15) is 4.79 Å². The lowest BCUT2D eigenvalue weighted by Gasteiger charge is -2.14. The minimum atomic E-state index is -0.258. The van der Waals surface area contributed by atoms with E-state index in [2.05, 4.69) is 0 Å². The highest BCUT2D eigenvalue weighted by molar-refractivity contribution is 6.30. The van der Waals surface area contributed by atoms with Gasteiger partial charge in [-0.3, -0.25) is 4.79 Å². The number of carbonyl (C=O) groups is 1. The molecule has 0 amide bonds. The predicted molar refractivity (Wildman–Crippen MR) is 91.2 cm³/mol. The summed E-state index contributed by atoms with van der Waals surface area (Å²) < 4.78 is 11.0. The second kappa shape index (κ2) is 7.70. The van der Waals surface area contributed by atoms with E-state index in [1.165, 1.54) is 7.11 Å². The molecule has 0 spiro atoms. The maximum atomic E-state index is 12.8. The Kier molecular flexibility index (Phi) is 5.66. The lowest BCUT2D eigenvalue weighted by Crippen LogP contribution is -2.15. The molecule has 0 aliphatic rings. The van der Waals surface area contributed by atoms with Crippen LogP contribution in [0.1, 0.15) is 10.4 Å². The first kappa shape index (κ1) is 16.9. The number of nitrogens with zero attached hydrogens (tertiary/aromatic N) is 1. The summed E-state index contributed by atoms with van der Waals surface area (Å²) in [5.41, 5.74) is 0.442. The van der Waals surface area contributed by atoms with E-state index in [-0.39, 0.29) is 11.5 Å². The summed E-state index contributed by atoms with van der Waals surface area (Å²) in [7, 11) is 5.17. The Labute approximate surface area is 140 Å². The van der Waals surface area contributed by atoms with Crippen molar-refractivity contribution < 1.29 is 14.3 Å². The molecule has 0 unspecified atom stereocenters. The van der Waals surface area contributed by atoms with E-state index < -0.39 is 0 Å². The van der Waals surface area contributed by atoms with Crippen molar-refractivity contribution in [1.29, 1.82) is 0 Å². The maximum absolute atomic E-state index is 12.8. The number of ether oxygens (including phenoxy) is 2. The number of Topliss-reactive ketones (excluding diaryl/α,β-unsaturated/α-hetero) is 1. The number of halogens is 1. The Morgan fingerprint density at radius 3 is 2.35 bits per heavy atom. The van der Waals surface area contributed by atoms with Crippen molar-refractivity contribution in [3.8, 4) is 11.5 Å². The zero-order valence-corrected chi connectivity index (χ0v) is 14.0. The van der Waals surface area contributed by atoms with E-state index in [0.717, 1.165) is 0 Å². The smallest absolute Gasteiger partial charge is 0.233 e. The third-order valence-electron chi connectivity index (χ3n) is 2.99. The fraction of sp³-hybridized carbons (Fsp3) is 0.167. The van der Waals surface area contributed by atoms with Gasteiger partial charge in [0, 0.05) is 25.3 Å². The maximum Gasteiger partial charge on any atom is 0.233 e. The Balaban J connectivity index is 2.35. The molecule has 0 bridgehead atoms. The van der Waals surface area contributed by atoms with Crippen molar-refractivity contribution >= 4 is 17.4 Å². The minimum absolute atomic E-state index is 0.196. The number of methoxy groups -OCH3 is 1. The zero-order chi connectivity index (χ0) is 16.8. The molecule has 0 N–H and O–H groups in total. The summed E-state index contributed by atoms with van der Waals surface area (Å²) in [6.07, 6.45) is 1.63. The Morgan fingerprint density at radius 1 is 1.09 bits per heavy atom. The quantitative estimate of drug-likeness (QED) is 0.455. The van der Waals surface area contributed by atoms with Crippen LogP contribution in [-0.2, 0) is 0 Å². The first-order valence-electron chi connectivity index (χ1n) is 7.00. The molecule has 5 heteroatoms. The summed E-state index contributed by atoms with van der Waals surface area (Å²) in [5, 5.41) is 0.603. The molecule has 0 radical (unpaired) electrons. The van der Waals surface area contributed by atoms with Crippen LogP contribution >= 0.6 is 11.6 Å². The lowest BCUT2D eigenvalue weighted by atomic mass is 10.1. The van der Waals surface area contributed by atoms with Crippen molar-refractivity contribution in [1.82, 2.24) is 4.90 Å².